The number of carbonyl (C=O) groups is 2. The summed E-state index contributed by atoms with van der Waals surface area (Å²) in [6, 6.07) is 7.95. The summed E-state index contributed by atoms with van der Waals surface area (Å²) in [5.41, 5.74) is -2.40. The molecule has 0 amide bonds. The molecule has 0 radical (unpaired) electrons. The molecule has 0 aliphatic rings. The van der Waals surface area contributed by atoms with Crippen LogP contribution in [0.4, 0.5) is 5.69 Å². The highest BCUT2D eigenvalue weighted by molar-refractivity contribution is 7.98. The number of thioether (sulfide) groups is 1. The number of nitriles is 1. The molecule has 38 heavy (non-hydrogen) atoms. The predicted molar refractivity (Wildman–Crippen MR) is 143 cm³/mol. The van der Waals surface area contributed by atoms with Gasteiger partial charge in [0, 0.05) is 17.7 Å². The van der Waals surface area contributed by atoms with E-state index >= 15 is 0 Å². The van der Waals surface area contributed by atoms with Crippen molar-refractivity contribution < 1.29 is 24.0 Å². The van der Waals surface area contributed by atoms with Gasteiger partial charge in [-0.1, -0.05) is 30.8 Å². The Kier molecular flexibility index (Phi) is 9.61. The number of ether oxygens (including phenoxy) is 2. The lowest BCUT2D eigenvalue weighted by atomic mass is 9.79. The molecule has 0 fully saturated rings. The van der Waals surface area contributed by atoms with E-state index < -0.39 is 33.5 Å². The average Bonchev–Trinajstić information content (AvgIpc) is 2.81. The highest BCUT2D eigenvalue weighted by Gasteiger charge is 2.49. The van der Waals surface area contributed by atoms with Gasteiger partial charge in [0.05, 0.1) is 21.9 Å². The normalized spacial score (nSPS) is 12.0. The highest BCUT2D eigenvalue weighted by atomic mass is 32.2. The highest BCUT2D eigenvalue weighted by Crippen LogP contribution is 2.36. The molecule has 0 atom stereocenters. The third kappa shape index (κ3) is 7.51. The molecule has 0 spiro atoms. The molecular weight excluding hydrogens is 508 g/mol. The molecule has 10 nitrogen and oxygen atoms in total. The summed E-state index contributed by atoms with van der Waals surface area (Å²) in [6.07, 6.45) is 1.91. The van der Waals surface area contributed by atoms with E-state index in [-0.39, 0.29) is 36.2 Å². The Morgan fingerprint density at radius 3 is 2.11 bits per heavy atom. The topological polar surface area (TPSA) is 145 Å². The van der Waals surface area contributed by atoms with Gasteiger partial charge in [-0.25, -0.2) is 9.97 Å². The third-order valence-corrected chi connectivity index (χ3v) is 6.11. The minimum Gasteiger partial charge on any atom is -0.459 e. The van der Waals surface area contributed by atoms with E-state index in [2.05, 4.69) is 16.0 Å². The van der Waals surface area contributed by atoms with Gasteiger partial charge in [0.2, 0.25) is 0 Å². The lowest BCUT2D eigenvalue weighted by Crippen LogP contribution is -2.46. The summed E-state index contributed by atoms with van der Waals surface area (Å²) >= 11 is 1.24. The number of aryl methyl sites for hydroxylation is 1. The van der Waals surface area contributed by atoms with Gasteiger partial charge in [-0.2, -0.15) is 5.26 Å². The van der Waals surface area contributed by atoms with Crippen molar-refractivity contribution in [3.05, 3.63) is 45.6 Å². The molecule has 0 N–H and O–H groups in total. The first-order valence-corrected chi connectivity index (χ1v) is 13.4. The van der Waals surface area contributed by atoms with E-state index in [4.69, 9.17) is 9.47 Å². The van der Waals surface area contributed by atoms with E-state index in [1.165, 1.54) is 30.0 Å². The number of nitrogens with zero attached hydrogens (tertiary/aromatic N) is 4. The number of esters is 2. The maximum absolute atomic E-state index is 13.4. The molecule has 2 rings (SSSR count). The summed E-state index contributed by atoms with van der Waals surface area (Å²) in [6.45, 7) is 12.0. The molecular formula is C27H34N4O6S. The number of nitro groups is 1. The molecule has 0 aliphatic heterocycles. The summed E-state index contributed by atoms with van der Waals surface area (Å²) in [5.74, 6) is -1.42. The standard InChI is InChI=1S/C27H34N4O6S/c1-9-27(22(32)36-25(2,3)4,23(33)37-26(5,6)7)14-13-20-19(16-28)21(30-24(29-20)38-8)17-11-10-12-18(15-17)31(34)35/h10-12,15H,9,13-14H2,1-8H3. The van der Waals surface area contributed by atoms with Gasteiger partial charge in [0.1, 0.15) is 17.3 Å². The maximum atomic E-state index is 13.4. The number of hydrogen-bond donors (Lipinski definition) is 0. The molecule has 0 unspecified atom stereocenters. The first kappa shape index (κ1) is 30.7. The lowest BCUT2D eigenvalue weighted by molar-refractivity contribution is -0.384. The van der Waals surface area contributed by atoms with E-state index in [9.17, 15) is 25.0 Å². The largest absolute Gasteiger partial charge is 0.459 e. The van der Waals surface area contributed by atoms with Crippen LogP contribution in [0.2, 0.25) is 0 Å². The quantitative estimate of drug-likeness (QED) is 0.0971. The van der Waals surface area contributed by atoms with Crippen LogP contribution in [0.15, 0.2) is 29.4 Å². The van der Waals surface area contributed by atoms with Crippen LogP contribution in [0, 0.1) is 26.9 Å². The summed E-state index contributed by atoms with van der Waals surface area (Å²) in [5, 5.41) is 21.7. The van der Waals surface area contributed by atoms with E-state index in [0.717, 1.165) is 0 Å². The zero-order valence-corrected chi connectivity index (χ0v) is 23.9. The Balaban J connectivity index is 2.63. The number of carbonyl (C=O) groups excluding carboxylic acids is 2. The minimum absolute atomic E-state index is 0.0266. The van der Waals surface area contributed by atoms with Crippen molar-refractivity contribution >= 4 is 29.4 Å². The number of non-ortho nitro benzene ring substituents is 1. The molecule has 1 aromatic heterocycles. The Morgan fingerprint density at radius 1 is 1.08 bits per heavy atom. The van der Waals surface area contributed by atoms with Crippen molar-refractivity contribution in [1.82, 2.24) is 9.97 Å². The van der Waals surface area contributed by atoms with Crippen LogP contribution in [-0.2, 0) is 25.5 Å². The summed E-state index contributed by atoms with van der Waals surface area (Å²) < 4.78 is 11.3. The van der Waals surface area contributed by atoms with Crippen molar-refractivity contribution in [2.45, 2.75) is 84.1 Å². The number of aromatic nitrogens is 2. The van der Waals surface area contributed by atoms with Crippen molar-refractivity contribution in [2.75, 3.05) is 6.26 Å². The Morgan fingerprint density at radius 2 is 1.66 bits per heavy atom. The first-order valence-electron chi connectivity index (χ1n) is 12.1. The fourth-order valence-electron chi connectivity index (χ4n) is 3.69. The van der Waals surface area contributed by atoms with E-state index in [0.29, 0.717) is 16.4 Å². The Labute approximate surface area is 227 Å². The zero-order chi connectivity index (χ0) is 28.9. The van der Waals surface area contributed by atoms with Gasteiger partial charge in [-0.15, -0.1) is 0 Å². The number of hydrogen-bond acceptors (Lipinski definition) is 10. The Bertz CT molecular complexity index is 1230. The molecule has 0 aliphatic carbocycles. The van der Waals surface area contributed by atoms with Crippen LogP contribution in [0.5, 0.6) is 0 Å². The average molecular weight is 543 g/mol. The second-order valence-corrected chi connectivity index (χ2v) is 11.5. The van der Waals surface area contributed by atoms with Crippen LogP contribution in [0.3, 0.4) is 0 Å². The molecule has 1 heterocycles. The Hall–Kier alpha value is -3.52. The maximum Gasteiger partial charge on any atom is 0.324 e. The van der Waals surface area contributed by atoms with Crippen LogP contribution in [-0.4, -0.2) is 44.3 Å². The van der Waals surface area contributed by atoms with E-state index in [1.807, 2.05) is 0 Å². The smallest absolute Gasteiger partial charge is 0.324 e. The van der Waals surface area contributed by atoms with Crippen molar-refractivity contribution in [3.8, 4) is 17.3 Å². The second-order valence-electron chi connectivity index (χ2n) is 10.7. The zero-order valence-electron chi connectivity index (χ0n) is 23.1. The fraction of sp³-hybridized carbons (Fsp3) is 0.519. The SMILES string of the molecule is CCC(CCc1nc(SC)nc(-c2cccc([N+](=O)[O-])c2)c1C#N)(C(=O)OC(C)(C)C)C(=O)OC(C)(C)C. The monoisotopic (exact) mass is 542 g/mol. The van der Waals surface area contributed by atoms with Crippen LogP contribution >= 0.6 is 11.8 Å². The lowest BCUT2D eigenvalue weighted by Gasteiger charge is -2.34. The van der Waals surface area contributed by atoms with Crippen LogP contribution < -0.4 is 0 Å². The van der Waals surface area contributed by atoms with Gasteiger partial charge in [-0.05, 0) is 67.1 Å². The summed E-state index contributed by atoms with van der Waals surface area (Å²) in [4.78, 5) is 46.6. The van der Waals surface area contributed by atoms with Crippen molar-refractivity contribution in [3.63, 3.8) is 0 Å². The molecule has 0 saturated carbocycles. The van der Waals surface area contributed by atoms with Gasteiger partial charge in [-0.3, -0.25) is 19.7 Å². The number of rotatable bonds is 9. The molecule has 11 heteroatoms. The van der Waals surface area contributed by atoms with E-state index in [1.54, 1.807) is 60.8 Å². The van der Waals surface area contributed by atoms with Gasteiger partial charge in [0.25, 0.3) is 5.69 Å². The predicted octanol–water partition coefficient (Wildman–Crippen LogP) is 5.66. The molecule has 0 bridgehead atoms. The summed E-state index contributed by atoms with van der Waals surface area (Å²) in [7, 11) is 0. The molecule has 204 valence electrons. The van der Waals surface area contributed by atoms with Gasteiger partial charge >= 0.3 is 11.9 Å². The molecule has 2 aromatic rings. The van der Waals surface area contributed by atoms with Crippen molar-refractivity contribution in [1.29, 1.82) is 5.26 Å². The van der Waals surface area contributed by atoms with Gasteiger partial charge in [0.15, 0.2) is 10.6 Å². The first-order chi connectivity index (χ1) is 17.6. The van der Waals surface area contributed by atoms with Crippen molar-refractivity contribution in [2.24, 2.45) is 5.41 Å². The van der Waals surface area contributed by atoms with Crippen LogP contribution in [0.1, 0.15) is 72.6 Å². The van der Waals surface area contributed by atoms with Crippen LogP contribution in [0.25, 0.3) is 11.3 Å². The second kappa shape index (κ2) is 11.9. The third-order valence-electron chi connectivity index (χ3n) is 5.56. The van der Waals surface area contributed by atoms with Gasteiger partial charge < -0.3 is 9.47 Å². The minimum atomic E-state index is -1.64. The fourth-order valence-corrected chi connectivity index (χ4v) is 4.07. The molecule has 1 aromatic carbocycles. The number of nitro benzene ring substituents is 1. The number of benzene rings is 1. The molecule has 0 saturated heterocycles.